The van der Waals surface area contributed by atoms with Crippen LogP contribution in [0.4, 0.5) is 5.82 Å². The van der Waals surface area contributed by atoms with Crippen LogP contribution in [-0.4, -0.2) is 63.0 Å². The number of likely N-dealkylation sites (N-methyl/N-ethyl adjacent to an activating group) is 1. The molecular formula is C20H26Cl2N4O4. The van der Waals surface area contributed by atoms with Crippen LogP contribution in [0.15, 0.2) is 30.5 Å². The number of nitrogens with zero attached hydrogens (tertiary/aromatic N) is 3. The Labute approximate surface area is 185 Å². The zero-order valence-electron chi connectivity index (χ0n) is 16.7. The molecule has 0 amide bonds. The molecule has 1 aromatic heterocycles. The molecule has 0 unspecified atom stereocenters. The molecule has 8 nitrogen and oxygen atoms in total. The summed E-state index contributed by atoms with van der Waals surface area (Å²) in [5.74, 6) is -2.77. The van der Waals surface area contributed by atoms with Crippen LogP contribution in [0.1, 0.15) is 32.1 Å². The second-order valence-electron chi connectivity index (χ2n) is 7.05. The van der Waals surface area contributed by atoms with Crippen molar-refractivity contribution in [1.82, 2.24) is 14.7 Å². The number of halogens is 2. The van der Waals surface area contributed by atoms with Gasteiger partial charge in [-0.3, -0.25) is 0 Å². The topological polar surface area (TPSA) is 108 Å². The van der Waals surface area contributed by atoms with Crippen molar-refractivity contribution < 1.29 is 19.8 Å². The first-order valence-electron chi connectivity index (χ1n) is 9.69. The molecule has 164 valence electrons. The summed E-state index contributed by atoms with van der Waals surface area (Å²) in [6, 6.07) is 8.23. The normalized spacial score (nSPS) is 14.1. The maximum Gasteiger partial charge on any atom is 0.414 e. The highest BCUT2D eigenvalue weighted by Gasteiger charge is 2.17. The average Bonchev–Trinajstić information content (AvgIpc) is 3.20. The third-order valence-corrected chi connectivity index (χ3v) is 5.65. The quantitative estimate of drug-likeness (QED) is 0.563. The molecule has 2 aromatic rings. The minimum atomic E-state index is -1.82. The van der Waals surface area contributed by atoms with E-state index >= 15 is 0 Å². The zero-order chi connectivity index (χ0) is 22.1. The molecule has 0 atom stereocenters. The number of anilines is 1. The number of nitrogens with one attached hydrogen (secondary N) is 1. The van der Waals surface area contributed by atoms with Crippen LogP contribution in [-0.2, 0) is 9.59 Å². The summed E-state index contributed by atoms with van der Waals surface area (Å²) in [5.41, 5.74) is 0.900. The molecule has 1 aromatic carbocycles. The van der Waals surface area contributed by atoms with E-state index in [2.05, 4.69) is 22.4 Å². The molecule has 1 aliphatic rings. The molecule has 0 bridgehead atoms. The van der Waals surface area contributed by atoms with Crippen molar-refractivity contribution in [3.8, 4) is 5.69 Å². The predicted molar refractivity (Wildman–Crippen MR) is 117 cm³/mol. The van der Waals surface area contributed by atoms with Crippen molar-refractivity contribution in [2.75, 3.05) is 25.5 Å². The molecular weight excluding hydrogens is 431 g/mol. The molecule has 0 spiro atoms. The SMILES string of the molecule is CN(CCNc1ccn(-c2ccc(Cl)c(Cl)c2)n1)C1CCCCC1.O=C(O)C(=O)O. The van der Waals surface area contributed by atoms with Crippen molar-refractivity contribution in [2.24, 2.45) is 0 Å². The first kappa shape index (κ1) is 24.0. The van der Waals surface area contributed by atoms with E-state index in [1.807, 2.05) is 24.4 Å². The van der Waals surface area contributed by atoms with Gasteiger partial charge in [0, 0.05) is 31.4 Å². The van der Waals surface area contributed by atoms with Crippen LogP contribution in [0.2, 0.25) is 10.0 Å². The van der Waals surface area contributed by atoms with Gasteiger partial charge >= 0.3 is 11.9 Å². The van der Waals surface area contributed by atoms with Gasteiger partial charge in [0.25, 0.3) is 0 Å². The van der Waals surface area contributed by atoms with Gasteiger partial charge in [0.1, 0.15) is 5.82 Å². The number of carboxylic acid groups (broad SMARTS) is 2. The monoisotopic (exact) mass is 456 g/mol. The average molecular weight is 457 g/mol. The third kappa shape index (κ3) is 7.51. The Kier molecular flexibility index (Phi) is 9.42. The van der Waals surface area contributed by atoms with Crippen molar-refractivity contribution in [1.29, 1.82) is 0 Å². The molecule has 10 heteroatoms. The molecule has 0 radical (unpaired) electrons. The maximum atomic E-state index is 9.10. The Hall–Kier alpha value is -2.29. The molecule has 1 fully saturated rings. The van der Waals surface area contributed by atoms with E-state index in [0.29, 0.717) is 10.0 Å². The second-order valence-corrected chi connectivity index (χ2v) is 7.87. The van der Waals surface area contributed by atoms with E-state index in [1.165, 1.54) is 32.1 Å². The zero-order valence-corrected chi connectivity index (χ0v) is 18.2. The number of benzene rings is 1. The number of rotatable bonds is 6. The smallest absolute Gasteiger partial charge is 0.414 e. The Balaban J connectivity index is 0.000000469. The summed E-state index contributed by atoms with van der Waals surface area (Å²) >= 11 is 12.0. The fourth-order valence-corrected chi connectivity index (χ4v) is 3.55. The van der Waals surface area contributed by atoms with E-state index in [4.69, 9.17) is 43.0 Å². The van der Waals surface area contributed by atoms with Crippen molar-refractivity contribution in [2.45, 2.75) is 38.1 Å². The lowest BCUT2D eigenvalue weighted by atomic mass is 9.94. The molecule has 1 heterocycles. The number of hydrogen-bond acceptors (Lipinski definition) is 5. The largest absolute Gasteiger partial charge is 0.473 e. The first-order valence-corrected chi connectivity index (χ1v) is 10.4. The molecule has 0 aliphatic heterocycles. The lowest BCUT2D eigenvalue weighted by Crippen LogP contribution is -2.36. The Morgan fingerprint density at radius 3 is 2.40 bits per heavy atom. The van der Waals surface area contributed by atoms with Gasteiger partial charge < -0.3 is 20.4 Å². The molecule has 30 heavy (non-hydrogen) atoms. The van der Waals surface area contributed by atoms with Crippen molar-refractivity contribution >= 4 is 41.0 Å². The molecule has 3 rings (SSSR count). The first-order chi connectivity index (χ1) is 14.3. The standard InChI is InChI=1S/C18H24Cl2N4.C2H2O4/c1-23(14-5-3-2-4-6-14)12-10-21-18-9-11-24(22-18)15-7-8-16(19)17(20)13-15;3-1(4)2(5)6/h7-9,11,13-14H,2-6,10,12H2,1H3,(H,21,22);(H,3,4)(H,5,6). The highest BCUT2D eigenvalue weighted by atomic mass is 35.5. The van der Waals surface area contributed by atoms with Gasteiger partial charge in [-0.1, -0.05) is 42.5 Å². The summed E-state index contributed by atoms with van der Waals surface area (Å²) in [6.45, 7) is 1.93. The van der Waals surface area contributed by atoms with Crippen LogP contribution in [0.3, 0.4) is 0 Å². The van der Waals surface area contributed by atoms with Gasteiger partial charge in [-0.2, -0.15) is 5.10 Å². The molecule has 0 saturated heterocycles. The molecule has 1 aliphatic carbocycles. The van der Waals surface area contributed by atoms with Crippen LogP contribution in [0.5, 0.6) is 0 Å². The molecule has 3 N–H and O–H groups in total. The van der Waals surface area contributed by atoms with Gasteiger partial charge in [0.15, 0.2) is 0 Å². The fourth-order valence-electron chi connectivity index (χ4n) is 3.25. The third-order valence-electron chi connectivity index (χ3n) is 4.91. The van der Waals surface area contributed by atoms with Crippen molar-refractivity contribution in [3.05, 3.63) is 40.5 Å². The van der Waals surface area contributed by atoms with Crippen molar-refractivity contribution in [3.63, 3.8) is 0 Å². The minimum Gasteiger partial charge on any atom is -0.473 e. The Bertz CT molecular complexity index is 841. The van der Waals surface area contributed by atoms with Gasteiger partial charge in [0.05, 0.1) is 15.7 Å². The van der Waals surface area contributed by atoms with Gasteiger partial charge in [-0.25, -0.2) is 14.3 Å². The summed E-state index contributed by atoms with van der Waals surface area (Å²) in [4.78, 5) is 20.7. The van der Waals surface area contributed by atoms with Crippen LogP contribution >= 0.6 is 23.2 Å². The number of carbonyl (C=O) groups is 2. The number of carboxylic acids is 2. The fraction of sp³-hybridized carbons (Fsp3) is 0.450. The minimum absolute atomic E-state index is 0.535. The lowest BCUT2D eigenvalue weighted by molar-refractivity contribution is -0.159. The summed E-state index contributed by atoms with van der Waals surface area (Å²) in [6.07, 6.45) is 8.74. The summed E-state index contributed by atoms with van der Waals surface area (Å²) in [5, 5.41) is 23.8. The number of hydrogen-bond donors (Lipinski definition) is 3. The molecule has 1 saturated carbocycles. The van der Waals surface area contributed by atoms with Gasteiger partial charge in [-0.05, 0) is 38.1 Å². The van der Waals surface area contributed by atoms with Crippen LogP contribution in [0.25, 0.3) is 5.69 Å². The number of aromatic nitrogens is 2. The maximum absolute atomic E-state index is 9.10. The predicted octanol–water partition coefficient (Wildman–Crippen LogP) is 4.01. The lowest BCUT2D eigenvalue weighted by Gasteiger charge is -2.31. The van der Waals surface area contributed by atoms with Gasteiger partial charge in [-0.15, -0.1) is 0 Å². The van der Waals surface area contributed by atoms with E-state index in [9.17, 15) is 0 Å². The highest BCUT2D eigenvalue weighted by Crippen LogP contribution is 2.24. The summed E-state index contributed by atoms with van der Waals surface area (Å²) < 4.78 is 1.80. The Morgan fingerprint density at radius 2 is 1.80 bits per heavy atom. The van der Waals surface area contributed by atoms with E-state index in [1.54, 1.807) is 10.7 Å². The second kappa shape index (κ2) is 11.8. The summed E-state index contributed by atoms with van der Waals surface area (Å²) in [7, 11) is 2.23. The van der Waals surface area contributed by atoms with Crippen LogP contribution < -0.4 is 5.32 Å². The highest BCUT2D eigenvalue weighted by molar-refractivity contribution is 6.42. The van der Waals surface area contributed by atoms with E-state index < -0.39 is 11.9 Å². The van der Waals surface area contributed by atoms with Gasteiger partial charge in [0.2, 0.25) is 0 Å². The van der Waals surface area contributed by atoms with E-state index in [0.717, 1.165) is 30.6 Å². The number of aliphatic carboxylic acids is 2. The van der Waals surface area contributed by atoms with Crippen LogP contribution in [0, 0.1) is 0 Å². The van der Waals surface area contributed by atoms with E-state index in [-0.39, 0.29) is 0 Å². The Morgan fingerprint density at radius 1 is 1.13 bits per heavy atom.